The highest BCUT2D eigenvalue weighted by Crippen LogP contribution is 2.57. The molecular weight excluding hydrogens is 338 g/mol. The number of para-hydroxylation sites is 1. The second kappa shape index (κ2) is 5.35. The van der Waals surface area contributed by atoms with E-state index in [2.05, 4.69) is 42.2 Å². The molecule has 3 aromatic rings. The first-order chi connectivity index (χ1) is 12.9. The molecule has 1 aromatic heterocycles. The van der Waals surface area contributed by atoms with Gasteiger partial charge in [-0.05, 0) is 73.3 Å². The molecule has 2 aromatic carbocycles. The molecule has 2 aliphatic rings. The number of hydrogen-bond acceptors (Lipinski definition) is 2. The van der Waals surface area contributed by atoms with Crippen molar-refractivity contribution < 1.29 is 15.0 Å². The van der Waals surface area contributed by atoms with Gasteiger partial charge in [0, 0.05) is 21.8 Å². The summed E-state index contributed by atoms with van der Waals surface area (Å²) in [5.74, 6) is -0.941. The highest BCUT2D eigenvalue weighted by Gasteiger charge is 2.59. The van der Waals surface area contributed by atoms with E-state index < -0.39 is 17.5 Å². The van der Waals surface area contributed by atoms with Crippen LogP contribution in [0.1, 0.15) is 44.2 Å². The van der Waals surface area contributed by atoms with Crippen LogP contribution in [0.25, 0.3) is 21.8 Å². The lowest BCUT2D eigenvalue weighted by Crippen LogP contribution is -2.58. The fourth-order valence-electron chi connectivity index (χ4n) is 6.02. The molecule has 3 N–H and O–H groups in total. The lowest BCUT2D eigenvalue weighted by Gasteiger charge is -2.55. The fraction of sp³-hybridized carbons (Fsp3) is 0.435. The van der Waals surface area contributed by atoms with Gasteiger partial charge in [-0.25, -0.2) is 0 Å². The zero-order chi connectivity index (χ0) is 19.0. The zero-order valence-corrected chi connectivity index (χ0v) is 15.7. The third-order valence-corrected chi connectivity index (χ3v) is 7.63. The standard InChI is InChI=1S/C23H25NO3/c1-22-10-9-20(25)23(2,21(26)27)19(22)8-7-13-11-18-15(12-16(13)22)14-5-3-4-6-17(14)24-18/h3-6,11-12,19-20,24-25H,7-10H2,1-2H3,(H,26,27)/t19?,20-,22+,23+/m0/s1. The first-order valence-corrected chi connectivity index (χ1v) is 9.81. The number of rotatable bonds is 1. The minimum atomic E-state index is -1.10. The molecule has 5 rings (SSSR count). The van der Waals surface area contributed by atoms with E-state index in [1.807, 2.05) is 6.07 Å². The van der Waals surface area contributed by atoms with Gasteiger partial charge >= 0.3 is 5.97 Å². The maximum Gasteiger partial charge on any atom is 0.312 e. The van der Waals surface area contributed by atoms with E-state index >= 15 is 0 Å². The van der Waals surface area contributed by atoms with Crippen LogP contribution in [0.2, 0.25) is 0 Å². The number of carboxylic acid groups (broad SMARTS) is 1. The van der Waals surface area contributed by atoms with Gasteiger partial charge in [0.2, 0.25) is 0 Å². The number of benzene rings is 2. The molecule has 0 amide bonds. The van der Waals surface area contributed by atoms with Gasteiger partial charge in [-0.1, -0.05) is 25.1 Å². The van der Waals surface area contributed by atoms with Gasteiger partial charge in [-0.15, -0.1) is 0 Å². The van der Waals surface area contributed by atoms with E-state index in [1.54, 1.807) is 6.92 Å². The fourth-order valence-corrected chi connectivity index (χ4v) is 6.02. The molecule has 1 fully saturated rings. The van der Waals surface area contributed by atoms with Crippen molar-refractivity contribution in [1.82, 2.24) is 4.98 Å². The van der Waals surface area contributed by atoms with E-state index in [1.165, 1.54) is 21.9 Å². The van der Waals surface area contributed by atoms with Crippen LogP contribution in [0.3, 0.4) is 0 Å². The Labute approximate surface area is 158 Å². The molecule has 1 saturated carbocycles. The molecule has 0 radical (unpaired) electrons. The average Bonchev–Trinajstić information content (AvgIpc) is 3.01. The Morgan fingerprint density at radius 3 is 2.67 bits per heavy atom. The van der Waals surface area contributed by atoms with Gasteiger partial charge in [-0.2, -0.15) is 0 Å². The summed E-state index contributed by atoms with van der Waals surface area (Å²) in [5.41, 5.74) is 3.54. The highest BCUT2D eigenvalue weighted by atomic mass is 16.4. The number of carboxylic acids is 1. The Bertz CT molecular complexity index is 1080. The smallest absolute Gasteiger partial charge is 0.312 e. The van der Waals surface area contributed by atoms with Crippen LogP contribution in [0.4, 0.5) is 0 Å². The SMILES string of the molecule is C[C@]12CC[C@H](O)[C@](C)(C(=O)O)C1CCc1cc3[nH]c4ccccc4c3cc12. The van der Waals surface area contributed by atoms with E-state index in [0.29, 0.717) is 6.42 Å². The van der Waals surface area contributed by atoms with Crippen molar-refractivity contribution in [3.8, 4) is 0 Å². The Hall–Kier alpha value is -2.33. The van der Waals surface area contributed by atoms with Gasteiger partial charge in [0.1, 0.15) is 0 Å². The number of aliphatic hydroxyl groups is 1. The van der Waals surface area contributed by atoms with Crippen molar-refractivity contribution in [2.75, 3.05) is 0 Å². The maximum atomic E-state index is 12.2. The third-order valence-electron chi connectivity index (χ3n) is 7.63. The van der Waals surface area contributed by atoms with E-state index in [4.69, 9.17) is 0 Å². The Balaban J connectivity index is 1.75. The van der Waals surface area contributed by atoms with Crippen LogP contribution < -0.4 is 0 Å². The summed E-state index contributed by atoms with van der Waals surface area (Å²) >= 11 is 0. The summed E-state index contributed by atoms with van der Waals surface area (Å²) in [4.78, 5) is 15.7. The van der Waals surface area contributed by atoms with Crippen molar-refractivity contribution in [3.63, 3.8) is 0 Å². The molecule has 0 bridgehead atoms. The molecule has 0 aliphatic heterocycles. The minimum Gasteiger partial charge on any atom is -0.481 e. The molecule has 0 spiro atoms. The lowest BCUT2D eigenvalue weighted by molar-refractivity contribution is -0.171. The van der Waals surface area contributed by atoms with Crippen molar-refractivity contribution in [2.24, 2.45) is 11.3 Å². The number of carbonyl (C=O) groups is 1. The summed E-state index contributed by atoms with van der Waals surface area (Å²) in [6, 6.07) is 12.9. The summed E-state index contributed by atoms with van der Waals surface area (Å²) in [6.45, 7) is 3.96. The first kappa shape index (κ1) is 16.8. The van der Waals surface area contributed by atoms with Gasteiger partial charge in [0.25, 0.3) is 0 Å². The van der Waals surface area contributed by atoms with Crippen LogP contribution in [-0.4, -0.2) is 27.3 Å². The van der Waals surface area contributed by atoms with Crippen LogP contribution >= 0.6 is 0 Å². The number of aliphatic carboxylic acids is 1. The molecule has 2 aliphatic carbocycles. The molecule has 27 heavy (non-hydrogen) atoms. The molecule has 1 heterocycles. The van der Waals surface area contributed by atoms with Gasteiger partial charge < -0.3 is 15.2 Å². The number of fused-ring (bicyclic) bond motifs is 6. The van der Waals surface area contributed by atoms with Crippen LogP contribution in [0.15, 0.2) is 36.4 Å². The second-order valence-electron chi connectivity index (χ2n) is 8.88. The van der Waals surface area contributed by atoms with Crippen molar-refractivity contribution in [1.29, 1.82) is 0 Å². The largest absolute Gasteiger partial charge is 0.481 e. The van der Waals surface area contributed by atoms with Crippen LogP contribution in [0.5, 0.6) is 0 Å². The van der Waals surface area contributed by atoms with Crippen LogP contribution in [0, 0.1) is 11.3 Å². The topological polar surface area (TPSA) is 73.3 Å². The molecule has 4 heteroatoms. The van der Waals surface area contributed by atoms with Crippen LogP contribution in [-0.2, 0) is 16.6 Å². The number of H-pyrrole nitrogens is 1. The van der Waals surface area contributed by atoms with Gasteiger partial charge in [0.15, 0.2) is 0 Å². The predicted octanol–water partition coefficient (Wildman–Crippen LogP) is 4.39. The van der Waals surface area contributed by atoms with Crippen molar-refractivity contribution in [2.45, 2.75) is 51.0 Å². The number of aliphatic hydroxyl groups excluding tert-OH is 1. The Morgan fingerprint density at radius 1 is 1.11 bits per heavy atom. The van der Waals surface area contributed by atoms with Gasteiger partial charge in [0.05, 0.1) is 11.5 Å². The number of aryl methyl sites for hydroxylation is 1. The second-order valence-corrected chi connectivity index (χ2v) is 8.88. The molecule has 0 saturated heterocycles. The summed E-state index contributed by atoms with van der Waals surface area (Å²) < 4.78 is 0. The first-order valence-electron chi connectivity index (χ1n) is 9.81. The summed E-state index contributed by atoms with van der Waals surface area (Å²) in [7, 11) is 0. The molecule has 1 unspecified atom stereocenters. The van der Waals surface area contributed by atoms with Crippen molar-refractivity contribution >= 4 is 27.8 Å². The highest BCUT2D eigenvalue weighted by molar-refractivity contribution is 6.07. The Morgan fingerprint density at radius 2 is 1.89 bits per heavy atom. The lowest BCUT2D eigenvalue weighted by atomic mass is 9.49. The average molecular weight is 363 g/mol. The molecule has 4 nitrogen and oxygen atoms in total. The van der Waals surface area contributed by atoms with E-state index in [0.717, 1.165) is 30.3 Å². The monoisotopic (exact) mass is 363 g/mol. The molecular formula is C23H25NO3. The van der Waals surface area contributed by atoms with Crippen molar-refractivity contribution in [3.05, 3.63) is 47.5 Å². The Kier molecular flexibility index (Phi) is 3.33. The molecule has 4 atom stereocenters. The minimum absolute atomic E-state index is 0.0681. The number of aromatic amines is 1. The predicted molar refractivity (Wildman–Crippen MR) is 106 cm³/mol. The zero-order valence-electron chi connectivity index (χ0n) is 15.7. The normalized spacial score (nSPS) is 33.0. The summed E-state index contributed by atoms with van der Waals surface area (Å²) in [5, 5.41) is 23.0. The number of hydrogen-bond donors (Lipinski definition) is 3. The van der Waals surface area contributed by atoms with E-state index in [9.17, 15) is 15.0 Å². The number of aromatic nitrogens is 1. The quantitative estimate of drug-likeness (QED) is 0.600. The van der Waals surface area contributed by atoms with Gasteiger partial charge in [-0.3, -0.25) is 4.79 Å². The maximum absolute atomic E-state index is 12.2. The van der Waals surface area contributed by atoms with E-state index in [-0.39, 0.29) is 11.3 Å². The third kappa shape index (κ3) is 2.05. The number of nitrogens with one attached hydrogen (secondary N) is 1. The molecule has 140 valence electrons. The summed E-state index contributed by atoms with van der Waals surface area (Å²) in [6.07, 6.45) is 2.22.